The molecule has 0 saturated carbocycles. The predicted molar refractivity (Wildman–Crippen MR) is 86.2 cm³/mol. The third-order valence-electron chi connectivity index (χ3n) is 3.49. The molecule has 0 heterocycles. The molecule has 1 nitrogen and oxygen atoms in total. The fourth-order valence-electron chi connectivity index (χ4n) is 2.51. The first kappa shape index (κ1) is 12.9. The average molecular weight is 278 g/mol. The summed E-state index contributed by atoms with van der Waals surface area (Å²) < 4.78 is 0. The smallest absolute Gasteiger partial charge is 0.197 e. The molecule has 1 atom stereocenters. The second-order valence-corrected chi connectivity index (χ2v) is 5.23. The Hall–Kier alpha value is -2.06. The number of carbonyl (C=O) groups excluding carboxylic acids is 1. The van der Waals surface area contributed by atoms with E-state index in [9.17, 15) is 4.79 Å². The summed E-state index contributed by atoms with van der Waals surface area (Å²) in [6.07, 6.45) is 0. The Kier molecular flexibility index (Phi) is 3.57. The van der Waals surface area contributed by atoms with Gasteiger partial charge in [-0.25, -0.2) is 0 Å². The first-order valence-electron chi connectivity index (χ1n) is 6.52. The zero-order valence-corrected chi connectivity index (χ0v) is 11.8. The lowest BCUT2D eigenvalue weighted by molar-refractivity contribution is -0.111. The third-order valence-corrected chi connectivity index (χ3v) is 3.74. The molecule has 0 spiro atoms. The van der Waals surface area contributed by atoms with Gasteiger partial charge in [0.25, 0.3) is 0 Å². The van der Waals surface area contributed by atoms with E-state index >= 15 is 0 Å². The summed E-state index contributed by atoms with van der Waals surface area (Å²) in [6, 6.07) is 24.0. The normalized spacial score (nSPS) is 12.2. The maximum absolute atomic E-state index is 11.9. The molecule has 0 N–H and O–H groups in total. The van der Waals surface area contributed by atoms with Crippen LogP contribution in [0, 0.1) is 0 Å². The molecule has 20 heavy (non-hydrogen) atoms. The Bertz CT molecular complexity index is 749. The van der Waals surface area contributed by atoms with Crippen molar-refractivity contribution in [3.63, 3.8) is 0 Å². The lowest BCUT2D eigenvalue weighted by atomic mass is 9.91. The van der Waals surface area contributed by atoms with Crippen LogP contribution in [0.25, 0.3) is 10.8 Å². The molecule has 1 unspecified atom stereocenters. The summed E-state index contributed by atoms with van der Waals surface area (Å²) >= 11 is 4.07. The van der Waals surface area contributed by atoms with E-state index in [4.69, 9.17) is 0 Å². The van der Waals surface area contributed by atoms with Crippen LogP contribution in [0.3, 0.4) is 0 Å². The number of thiol groups is 1. The number of hydrogen-bond donors (Lipinski definition) is 1. The van der Waals surface area contributed by atoms with Gasteiger partial charge in [-0.15, -0.1) is 12.6 Å². The number of fused-ring (bicyclic) bond motifs is 1. The van der Waals surface area contributed by atoms with Gasteiger partial charge in [-0.2, -0.15) is 0 Å². The van der Waals surface area contributed by atoms with Crippen molar-refractivity contribution in [2.24, 2.45) is 0 Å². The van der Waals surface area contributed by atoms with Crippen LogP contribution < -0.4 is 0 Å². The quantitative estimate of drug-likeness (QED) is 0.701. The fraction of sp³-hybridized carbons (Fsp3) is 0.0556. The van der Waals surface area contributed by atoms with Crippen LogP contribution in [-0.2, 0) is 4.79 Å². The van der Waals surface area contributed by atoms with Gasteiger partial charge in [-0.05, 0) is 21.9 Å². The summed E-state index contributed by atoms with van der Waals surface area (Å²) in [7, 11) is 0. The lowest BCUT2D eigenvalue weighted by Gasteiger charge is -2.15. The molecule has 3 rings (SSSR count). The summed E-state index contributed by atoms with van der Waals surface area (Å²) in [5.41, 5.74) is 1.96. The highest BCUT2D eigenvalue weighted by Crippen LogP contribution is 2.29. The van der Waals surface area contributed by atoms with Gasteiger partial charge < -0.3 is 0 Å². The molecule has 0 amide bonds. The first-order valence-corrected chi connectivity index (χ1v) is 6.97. The van der Waals surface area contributed by atoms with Crippen molar-refractivity contribution in [2.45, 2.75) is 5.92 Å². The number of rotatable bonds is 3. The Morgan fingerprint density at radius 2 is 1.40 bits per heavy atom. The molecule has 0 bridgehead atoms. The molecule has 0 aliphatic heterocycles. The maximum atomic E-state index is 11.9. The molecule has 3 aromatic carbocycles. The highest BCUT2D eigenvalue weighted by atomic mass is 32.1. The second-order valence-electron chi connectivity index (χ2n) is 4.79. The van der Waals surface area contributed by atoms with Crippen molar-refractivity contribution in [1.82, 2.24) is 0 Å². The fourth-order valence-corrected chi connectivity index (χ4v) is 2.81. The Morgan fingerprint density at radius 1 is 0.750 bits per heavy atom. The predicted octanol–water partition coefficient (Wildman–Crippen LogP) is 4.43. The summed E-state index contributed by atoms with van der Waals surface area (Å²) in [5.74, 6) is -0.316. The highest BCUT2D eigenvalue weighted by molar-refractivity contribution is 7.96. The molecule has 0 aromatic heterocycles. The Morgan fingerprint density at radius 3 is 2.10 bits per heavy atom. The summed E-state index contributed by atoms with van der Waals surface area (Å²) in [5, 5.41) is 2.18. The Labute approximate surface area is 123 Å². The largest absolute Gasteiger partial charge is 0.286 e. The summed E-state index contributed by atoms with van der Waals surface area (Å²) in [6.45, 7) is 0. The van der Waals surface area contributed by atoms with Gasteiger partial charge in [0.2, 0.25) is 0 Å². The molecule has 0 fully saturated rings. The summed E-state index contributed by atoms with van der Waals surface area (Å²) in [4.78, 5) is 11.9. The van der Waals surface area contributed by atoms with E-state index in [1.807, 2.05) is 48.5 Å². The van der Waals surface area contributed by atoms with Crippen molar-refractivity contribution in [3.8, 4) is 0 Å². The molecule has 0 aliphatic rings. The molecule has 98 valence electrons. The molecular weight excluding hydrogens is 264 g/mol. The minimum atomic E-state index is -0.316. The van der Waals surface area contributed by atoms with Crippen LogP contribution >= 0.6 is 12.6 Å². The maximum Gasteiger partial charge on any atom is 0.197 e. The molecule has 2 heteroatoms. The van der Waals surface area contributed by atoms with Crippen LogP contribution in [0.1, 0.15) is 17.0 Å². The standard InChI is InChI=1S/C18H14OS/c19-18(20)17(14-7-2-1-3-8-14)16-11-10-13-6-4-5-9-15(13)12-16/h1-12,17H,(H,19,20). The topological polar surface area (TPSA) is 17.1 Å². The van der Waals surface area contributed by atoms with Crippen molar-refractivity contribution < 1.29 is 4.79 Å². The lowest BCUT2D eigenvalue weighted by Crippen LogP contribution is -2.08. The Balaban J connectivity index is 2.13. The van der Waals surface area contributed by atoms with E-state index in [0.717, 1.165) is 16.5 Å². The van der Waals surface area contributed by atoms with Gasteiger partial charge >= 0.3 is 0 Å². The van der Waals surface area contributed by atoms with E-state index in [2.05, 4.69) is 36.9 Å². The molecule has 0 radical (unpaired) electrons. The van der Waals surface area contributed by atoms with Crippen LogP contribution in [0.4, 0.5) is 0 Å². The second kappa shape index (κ2) is 5.51. The van der Waals surface area contributed by atoms with Gasteiger partial charge in [0.05, 0.1) is 5.92 Å². The molecule has 3 aromatic rings. The van der Waals surface area contributed by atoms with E-state index < -0.39 is 0 Å². The molecule has 0 aliphatic carbocycles. The number of benzene rings is 3. The van der Waals surface area contributed by atoms with E-state index in [1.165, 1.54) is 5.39 Å². The zero-order valence-electron chi connectivity index (χ0n) is 10.9. The monoisotopic (exact) mass is 278 g/mol. The van der Waals surface area contributed by atoms with Gasteiger partial charge in [0, 0.05) is 0 Å². The average Bonchev–Trinajstić information content (AvgIpc) is 2.48. The van der Waals surface area contributed by atoms with E-state index in [1.54, 1.807) is 0 Å². The van der Waals surface area contributed by atoms with Crippen molar-refractivity contribution in [3.05, 3.63) is 83.9 Å². The first-order chi connectivity index (χ1) is 9.75. The minimum Gasteiger partial charge on any atom is -0.286 e. The van der Waals surface area contributed by atoms with Crippen LogP contribution in [0.15, 0.2) is 72.8 Å². The molecule has 0 saturated heterocycles. The van der Waals surface area contributed by atoms with Gasteiger partial charge in [0.15, 0.2) is 5.12 Å². The van der Waals surface area contributed by atoms with Gasteiger partial charge in [0.1, 0.15) is 0 Å². The molecular formula is C18H14OS. The number of carbonyl (C=O) groups is 1. The minimum absolute atomic E-state index is 0.133. The van der Waals surface area contributed by atoms with Crippen molar-refractivity contribution >= 4 is 28.5 Å². The van der Waals surface area contributed by atoms with E-state index in [-0.39, 0.29) is 11.0 Å². The zero-order chi connectivity index (χ0) is 13.9. The van der Waals surface area contributed by atoms with E-state index in [0.29, 0.717) is 0 Å². The van der Waals surface area contributed by atoms with Gasteiger partial charge in [-0.3, -0.25) is 4.79 Å². The third kappa shape index (κ3) is 2.47. The van der Waals surface area contributed by atoms with Crippen LogP contribution in [-0.4, -0.2) is 5.12 Å². The van der Waals surface area contributed by atoms with Crippen LogP contribution in [0.5, 0.6) is 0 Å². The number of hydrogen-bond acceptors (Lipinski definition) is 1. The SMILES string of the molecule is O=C(S)C(c1ccccc1)c1ccc2ccccc2c1. The van der Waals surface area contributed by atoms with Crippen molar-refractivity contribution in [2.75, 3.05) is 0 Å². The van der Waals surface area contributed by atoms with Crippen LogP contribution in [0.2, 0.25) is 0 Å². The highest BCUT2D eigenvalue weighted by Gasteiger charge is 2.19. The van der Waals surface area contributed by atoms with Gasteiger partial charge in [-0.1, -0.05) is 72.8 Å². The van der Waals surface area contributed by atoms with Crippen molar-refractivity contribution in [1.29, 1.82) is 0 Å².